The zero-order valence-electron chi connectivity index (χ0n) is 10.5. The van der Waals surface area contributed by atoms with Gasteiger partial charge in [-0.2, -0.15) is 0 Å². The molecule has 0 fully saturated rings. The van der Waals surface area contributed by atoms with Crippen LogP contribution in [-0.2, 0) is 4.79 Å². The number of rotatable bonds is 6. The highest BCUT2D eigenvalue weighted by Gasteiger charge is 2.06. The number of hydrogen-bond acceptors (Lipinski definition) is 4. The molecular formula is C12H19N3O2. The smallest absolute Gasteiger partial charge is 0.303 e. The third-order valence-electron chi connectivity index (χ3n) is 2.61. The molecule has 0 saturated carbocycles. The van der Waals surface area contributed by atoms with Crippen LogP contribution in [0.25, 0.3) is 0 Å². The molecule has 17 heavy (non-hydrogen) atoms. The first-order chi connectivity index (χ1) is 7.99. The Labute approximate surface area is 101 Å². The van der Waals surface area contributed by atoms with Gasteiger partial charge in [-0.1, -0.05) is 0 Å². The van der Waals surface area contributed by atoms with Crippen molar-refractivity contribution in [2.24, 2.45) is 0 Å². The maximum Gasteiger partial charge on any atom is 0.303 e. The van der Waals surface area contributed by atoms with Crippen molar-refractivity contribution >= 4 is 11.8 Å². The van der Waals surface area contributed by atoms with Gasteiger partial charge in [0.15, 0.2) is 0 Å². The van der Waals surface area contributed by atoms with E-state index in [-0.39, 0.29) is 12.5 Å². The SMILES string of the molecule is Cc1ncc(NC(C)CCCC(=O)O)nc1C. The Morgan fingerprint density at radius 3 is 2.76 bits per heavy atom. The maximum absolute atomic E-state index is 10.4. The first-order valence-corrected chi connectivity index (χ1v) is 5.77. The average molecular weight is 237 g/mol. The number of carboxylic acids is 1. The summed E-state index contributed by atoms with van der Waals surface area (Å²) in [5.41, 5.74) is 1.84. The number of nitrogens with zero attached hydrogens (tertiary/aromatic N) is 2. The van der Waals surface area contributed by atoms with Crippen molar-refractivity contribution in [2.45, 2.75) is 46.1 Å². The minimum Gasteiger partial charge on any atom is -0.481 e. The van der Waals surface area contributed by atoms with Crippen LogP contribution < -0.4 is 5.32 Å². The summed E-state index contributed by atoms with van der Waals surface area (Å²) < 4.78 is 0. The van der Waals surface area contributed by atoms with Gasteiger partial charge in [-0.15, -0.1) is 0 Å². The molecule has 0 aliphatic carbocycles. The lowest BCUT2D eigenvalue weighted by molar-refractivity contribution is -0.137. The molecule has 1 atom stereocenters. The first kappa shape index (κ1) is 13.4. The molecule has 1 aromatic heterocycles. The number of anilines is 1. The molecule has 2 N–H and O–H groups in total. The predicted molar refractivity (Wildman–Crippen MR) is 66.1 cm³/mol. The number of carbonyl (C=O) groups is 1. The zero-order chi connectivity index (χ0) is 12.8. The Bertz CT molecular complexity index is 393. The van der Waals surface area contributed by atoms with Crippen LogP contribution in [0.3, 0.4) is 0 Å². The molecule has 94 valence electrons. The van der Waals surface area contributed by atoms with E-state index >= 15 is 0 Å². The van der Waals surface area contributed by atoms with E-state index < -0.39 is 5.97 Å². The van der Waals surface area contributed by atoms with Gasteiger partial charge in [0, 0.05) is 12.5 Å². The van der Waals surface area contributed by atoms with Gasteiger partial charge in [0.2, 0.25) is 0 Å². The Morgan fingerprint density at radius 1 is 1.47 bits per heavy atom. The number of aliphatic carboxylic acids is 1. The van der Waals surface area contributed by atoms with Gasteiger partial charge in [-0.3, -0.25) is 9.78 Å². The van der Waals surface area contributed by atoms with Gasteiger partial charge >= 0.3 is 5.97 Å². The molecule has 0 aliphatic heterocycles. The molecule has 0 bridgehead atoms. The van der Waals surface area contributed by atoms with Crippen molar-refractivity contribution in [1.82, 2.24) is 9.97 Å². The summed E-state index contributed by atoms with van der Waals surface area (Å²) in [6, 6.07) is 0.200. The summed E-state index contributed by atoms with van der Waals surface area (Å²) in [6.07, 6.45) is 3.39. The largest absolute Gasteiger partial charge is 0.481 e. The monoisotopic (exact) mass is 237 g/mol. The lowest BCUT2D eigenvalue weighted by Gasteiger charge is -2.14. The van der Waals surface area contributed by atoms with Gasteiger partial charge in [-0.05, 0) is 33.6 Å². The van der Waals surface area contributed by atoms with Crippen molar-refractivity contribution in [1.29, 1.82) is 0 Å². The average Bonchev–Trinajstić information content (AvgIpc) is 2.23. The van der Waals surface area contributed by atoms with E-state index in [2.05, 4.69) is 15.3 Å². The molecule has 5 heteroatoms. The van der Waals surface area contributed by atoms with Crippen LogP contribution in [-0.4, -0.2) is 27.1 Å². The highest BCUT2D eigenvalue weighted by Crippen LogP contribution is 2.10. The van der Waals surface area contributed by atoms with E-state index in [4.69, 9.17) is 5.11 Å². The normalized spacial score (nSPS) is 12.2. The molecule has 1 unspecified atom stereocenters. The summed E-state index contributed by atoms with van der Waals surface area (Å²) >= 11 is 0. The second-order valence-electron chi connectivity index (χ2n) is 4.26. The minimum absolute atomic E-state index is 0.200. The molecule has 5 nitrogen and oxygen atoms in total. The molecule has 0 saturated heterocycles. The highest BCUT2D eigenvalue weighted by atomic mass is 16.4. The Hall–Kier alpha value is -1.65. The summed E-state index contributed by atoms with van der Waals surface area (Å²) in [4.78, 5) is 19.0. The molecule has 0 aliphatic rings. The van der Waals surface area contributed by atoms with Crippen molar-refractivity contribution in [3.05, 3.63) is 17.6 Å². The fourth-order valence-electron chi connectivity index (χ4n) is 1.50. The zero-order valence-corrected chi connectivity index (χ0v) is 10.5. The second kappa shape index (κ2) is 6.18. The van der Waals surface area contributed by atoms with Crippen LogP contribution in [0.1, 0.15) is 37.6 Å². The van der Waals surface area contributed by atoms with Gasteiger partial charge in [-0.25, -0.2) is 4.98 Å². The Morgan fingerprint density at radius 2 is 2.18 bits per heavy atom. The van der Waals surface area contributed by atoms with E-state index in [0.29, 0.717) is 6.42 Å². The summed E-state index contributed by atoms with van der Waals surface area (Å²) in [6.45, 7) is 5.85. The van der Waals surface area contributed by atoms with E-state index in [9.17, 15) is 4.79 Å². The molecule has 1 heterocycles. The third kappa shape index (κ3) is 4.80. The van der Waals surface area contributed by atoms with Gasteiger partial charge < -0.3 is 10.4 Å². The number of hydrogen-bond donors (Lipinski definition) is 2. The van der Waals surface area contributed by atoms with E-state index in [1.807, 2.05) is 20.8 Å². The van der Waals surface area contributed by atoms with E-state index in [1.54, 1.807) is 6.20 Å². The first-order valence-electron chi connectivity index (χ1n) is 5.77. The fraction of sp³-hybridized carbons (Fsp3) is 0.583. The molecule has 0 spiro atoms. The van der Waals surface area contributed by atoms with E-state index in [1.165, 1.54) is 0 Å². The lowest BCUT2D eigenvalue weighted by Crippen LogP contribution is -2.17. The number of carboxylic acid groups (broad SMARTS) is 1. The van der Waals surface area contributed by atoms with Crippen molar-refractivity contribution in [3.63, 3.8) is 0 Å². The summed E-state index contributed by atoms with van der Waals surface area (Å²) in [7, 11) is 0. The minimum atomic E-state index is -0.747. The molecular weight excluding hydrogens is 218 g/mol. The summed E-state index contributed by atoms with van der Waals surface area (Å²) in [5, 5.41) is 11.8. The van der Waals surface area contributed by atoms with Crippen LogP contribution in [0, 0.1) is 13.8 Å². The Balaban J connectivity index is 2.42. The number of aryl methyl sites for hydroxylation is 2. The molecule has 0 aromatic carbocycles. The highest BCUT2D eigenvalue weighted by molar-refractivity contribution is 5.66. The lowest BCUT2D eigenvalue weighted by atomic mass is 10.1. The maximum atomic E-state index is 10.4. The van der Waals surface area contributed by atoms with Gasteiger partial charge in [0.1, 0.15) is 5.82 Å². The van der Waals surface area contributed by atoms with Gasteiger partial charge in [0.05, 0.1) is 17.6 Å². The van der Waals surface area contributed by atoms with Crippen LogP contribution >= 0.6 is 0 Å². The van der Waals surface area contributed by atoms with Crippen molar-refractivity contribution in [2.75, 3.05) is 5.32 Å². The third-order valence-corrected chi connectivity index (χ3v) is 2.61. The summed E-state index contributed by atoms with van der Waals surface area (Å²) in [5.74, 6) is -0.000836. The van der Waals surface area contributed by atoms with Crippen LogP contribution in [0.2, 0.25) is 0 Å². The number of aromatic nitrogens is 2. The predicted octanol–water partition coefficient (Wildman–Crippen LogP) is 2.15. The quantitative estimate of drug-likeness (QED) is 0.793. The topological polar surface area (TPSA) is 75.1 Å². The molecule has 0 amide bonds. The molecule has 1 rings (SSSR count). The van der Waals surface area contributed by atoms with E-state index in [0.717, 1.165) is 23.6 Å². The Kier molecular flexibility index (Phi) is 4.87. The second-order valence-corrected chi connectivity index (χ2v) is 4.26. The number of nitrogens with one attached hydrogen (secondary N) is 1. The molecule has 0 radical (unpaired) electrons. The van der Waals surface area contributed by atoms with Crippen LogP contribution in [0.4, 0.5) is 5.82 Å². The van der Waals surface area contributed by atoms with Crippen LogP contribution in [0.15, 0.2) is 6.20 Å². The van der Waals surface area contributed by atoms with Crippen LogP contribution in [0.5, 0.6) is 0 Å². The van der Waals surface area contributed by atoms with Crippen molar-refractivity contribution < 1.29 is 9.90 Å². The van der Waals surface area contributed by atoms with Gasteiger partial charge in [0.25, 0.3) is 0 Å². The fourth-order valence-corrected chi connectivity index (χ4v) is 1.50. The standard InChI is InChI=1S/C12H19N3O2/c1-8(5-4-6-12(16)17)14-11-7-13-9(2)10(3)15-11/h7-8H,4-6H2,1-3H3,(H,14,15)(H,16,17). The molecule has 1 aromatic rings. The van der Waals surface area contributed by atoms with Crippen molar-refractivity contribution in [3.8, 4) is 0 Å².